The summed E-state index contributed by atoms with van der Waals surface area (Å²) < 4.78 is 5.09. The number of rotatable bonds is 5. The number of benzene rings is 3. The Morgan fingerprint density at radius 2 is 1.67 bits per heavy atom. The van der Waals surface area contributed by atoms with E-state index in [1.54, 1.807) is 37.4 Å². The van der Waals surface area contributed by atoms with E-state index < -0.39 is 4.92 Å². The van der Waals surface area contributed by atoms with E-state index >= 15 is 0 Å². The Hall–Kier alpha value is -3.67. The van der Waals surface area contributed by atoms with Crippen LogP contribution in [0, 0.1) is 17.0 Å². The number of ether oxygens (including phenoxy) is 1. The molecule has 0 aliphatic heterocycles. The minimum absolute atomic E-state index is 0.0871. The zero-order chi connectivity index (χ0) is 19.4. The van der Waals surface area contributed by atoms with Crippen LogP contribution in [0.1, 0.15) is 15.9 Å². The van der Waals surface area contributed by atoms with Crippen LogP contribution in [0.15, 0.2) is 66.7 Å². The van der Waals surface area contributed by atoms with Crippen molar-refractivity contribution < 1.29 is 14.5 Å². The molecule has 3 aromatic carbocycles. The first-order valence-corrected chi connectivity index (χ1v) is 8.29. The summed E-state index contributed by atoms with van der Waals surface area (Å²) in [5.41, 5.74) is 3.40. The van der Waals surface area contributed by atoms with Gasteiger partial charge in [0, 0.05) is 23.3 Å². The predicted molar refractivity (Wildman–Crippen MR) is 104 cm³/mol. The van der Waals surface area contributed by atoms with Gasteiger partial charge < -0.3 is 10.1 Å². The van der Waals surface area contributed by atoms with Crippen molar-refractivity contribution in [3.8, 4) is 16.9 Å². The van der Waals surface area contributed by atoms with Gasteiger partial charge in [0.25, 0.3) is 11.6 Å². The number of anilines is 1. The summed E-state index contributed by atoms with van der Waals surface area (Å²) in [6.07, 6.45) is 0. The number of nitro benzene ring substituents is 1. The fourth-order valence-electron chi connectivity index (χ4n) is 2.67. The van der Waals surface area contributed by atoms with Crippen molar-refractivity contribution in [2.24, 2.45) is 0 Å². The van der Waals surface area contributed by atoms with Crippen molar-refractivity contribution in [3.05, 3.63) is 88.0 Å². The van der Waals surface area contributed by atoms with Gasteiger partial charge in [-0.3, -0.25) is 14.9 Å². The van der Waals surface area contributed by atoms with Gasteiger partial charge in [0.15, 0.2) is 0 Å². The molecule has 0 heterocycles. The predicted octanol–water partition coefficient (Wildman–Crippen LogP) is 4.83. The first-order chi connectivity index (χ1) is 13.0. The third kappa shape index (κ3) is 4.12. The molecule has 0 bridgehead atoms. The molecule has 0 fully saturated rings. The molecule has 6 nitrogen and oxygen atoms in total. The second kappa shape index (κ2) is 7.70. The van der Waals surface area contributed by atoms with Gasteiger partial charge >= 0.3 is 0 Å². The number of nitrogens with one attached hydrogen (secondary N) is 1. The highest BCUT2D eigenvalue weighted by Crippen LogP contribution is 2.32. The number of amides is 1. The Labute approximate surface area is 156 Å². The van der Waals surface area contributed by atoms with Crippen LogP contribution in [-0.2, 0) is 0 Å². The quantitative estimate of drug-likeness (QED) is 0.520. The van der Waals surface area contributed by atoms with Crippen molar-refractivity contribution in [1.82, 2.24) is 0 Å². The molecular weight excluding hydrogens is 344 g/mol. The molecule has 27 heavy (non-hydrogen) atoms. The number of nitrogens with zero attached hydrogens (tertiary/aromatic N) is 1. The van der Waals surface area contributed by atoms with Crippen LogP contribution in [0.25, 0.3) is 11.1 Å². The van der Waals surface area contributed by atoms with Gasteiger partial charge in [0.1, 0.15) is 5.75 Å². The summed E-state index contributed by atoms with van der Waals surface area (Å²) in [7, 11) is 1.55. The molecule has 1 amide bonds. The van der Waals surface area contributed by atoms with Gasteiger partial charge in [0.2, 0.25) is 0 Å². The molecular formula is C21H18N2O4. The number of nitro groups is 1. The minimum atomic E-state index is -0.484. The zero-order valence-corrected chi connectivity index (χ0v) is 14.9. The smallest absolute Gasteiger partial charge is 0.271 e. The van der Waals surface area contributed by atoms with Crippen LogP contribution in [0.3, 0.4) is 0 Å². The highest BCUT2D eigenvalue weighted by atomic mass is 16.6. The summed E-state index contributed by atoms with van der Waals surface area (Å²) in [4.78, 5) is 23.3. The second-order valence-electron chi connectivity index (χ2n) is 6.04. The van der Waals surface area contributed by atoms with E-state index in [-0.39, 0.29) is 11.6 Å². The molecule has 0 unspecified atom stereocenters. The van der Waals surface area contributed by atoms with E-state index in [1.807, 2.05) is 31.2 Å². The normalized spacial score (nSPS) is 10.3. The summed E-state index contributed by atoms with van der Waals surface area (Å²) in [5.74, 6) is 0.286. The first-order valence-electron chi connectivity index (χ1n) is 8.29. The number of hydrogen-bond acceptors (Lipinski definition) is 4. The maximum atomic E-state index is 12.6. The van der Waals surface area contributed by atoms with Crippen molar-refractivity contribution in [1.29, 1.82) is 0 Å². The van der Waals surface area contributed by atoms with E-state index in [4.69, 9.17) is 4.74 Å². The number of carbonyl (C=O) groups is 1. The van der Waals surface area contributed by atoms with Gasteiger partial charge in [-0.05, 0) is 42.8 Å². The van der Waals surface area contributed by atoms with Crippen molar-refractivity contribution in [3.63, 3.8) is 0 Å². The SMILES string of the molecule is COc1ccc(C(=O)Nc2cc([N+](=O)[O-])ccc2-c2ccc(C)cc2)cc1. The largest absolute Gasteiger partial charge is 0.497 e. The zero-order valence-electron chi connectivity index (χ0n) is 14.9. The molecule has 0 aromatic heterocycles. The molecule has 0 radical (unpaired) electrons. The lowest BCUT2D eigenvalue weighted by molar-refractivity contribution is -0.384. The highest BCUT2D eigenvalue weighted by molar-refractivity contribution is 6.06. The molecule has 3 rings (SSSR count). The molecule has 3 aromatic rings. The average molecular weight is 362 g/mol. The molecule has 6 heteroatoms. The Morgan fingerprint density at radius 1 is 1.00 bits per heavy atom. The Morgan fingerprint density at radius 3 is 2.26 bits per heavy atom. The van der Waals surface area contributed by atoms with Crippen molar-refractivity contribution in [2.45, 2.75) is 6.92 Å². The number of aryl methyl sites for hydroxylation is 1. The topological polar surface area (TPSA) is 81.5 Å². The third-order valence-electron chi connectivity index (χ3n) is 4.18. The number of non-ortho nitro benzene ring substituents is 1. The molecule has 0 atom stereocenters. The number of methoxy groups -OCH3 is 1. The molecule has 0 aliphatic carbocycles. The fraction of sp³-hybridized carbons (Fsp3) is 0.0952. The van der Waals surface area contributed by atoms with E-state index in [0.717, 1.165) is 11.1 Å². The first kappa shape index (κ1) is 18.1. The van der Waals surface area contributed by atoms with Crippen LogP contribution in [0.2, 0.25) is 0 Å². The van der Waals surface area contributed by atoms with Crippen LogP contribution < -0.4 is 10.1 Å². The highest BCUT2D eigenvalue weighted by Gasteiger charge is 2.15. The van der Waals surface area contributed by atoms with Gasteiger partial charge in [-0.1, -0.05) is 29.8 Å². The van der Waals surface area contributed by atoms with E-state index in [0.29, 0.717) is 22.6 Å². The van der Waals surface area contributed by atoms with E-state index in [9.17, 15) is 14.9 Å². The number of carbonyl (C=O) groups excluding carboxylic acids is 1. The fourth-order valence-corrected chi connectivity index (χ4v) is 2.67. The maximum Gasteiger partial charge on any atom is 0.271 e. The monoisotopic (exact) mass is 362 g/mol. The molecule has 136 valence electrons. The summed E-state index contributed by atoms with van der Waals surface area (Å²) in [6, 6.07) is 18.8. The molecule has 0 aliphatic rings. The Kier molecular flexibility index (Phi) is 5.17. The maximum absolute atomic E-state index is 12.6. The third-order valence-corrected chi connectivity index (χ3v) is 4.18. The van der Waals surface area contributed by atoms with E-state index in [1.165, 1.54) is 12.1 Å². The van der Waals surface area contributed by atoms with Crippen LogP contribution in [0.5, 0.6) is 5.75 Å². The van der Waals surface area contributed by atoms with Crippen LogP contribution >= 0.6 is 0 Å². The summed E-state index contributed by atoms with van der Waals surface area (Å²) >= 11 is 0. The Balaban J connectivity index is 1.98. The van der Waals surface area contributed by atoms with Gasteiger partial charge in [-0.15, -0.1) is 0 Å². The van der Waals surface area contributed by atoms with Gasteiger partial charge in [-0.2, -0.15) is 0 Å². The molecule has 0 saturated heterocycles. The standard InChI is InChI=1S/C21H18N2O4/c1-14-3-5-15(6-4-14)19-12-9-17(23(25)26)13-20(19)22-21(24)16-7-10-18(27-2)11-8-16/h3-13H,1-2H3,(H,22,24). The van der Waals surface area contributed by atoms with Crippen LogP contribution in [0.4, 0.5) is 11.4 Å². The molecule has 1 N–H and O–H groups in total. The lowest BCUT2D eigenvalue weighted by Crippen LogP contribution is -2.12. The number of hydrogen-bond donors (Lipinski definition) is 1. The minimum Gasteiger partial charge on any atom is -0.497 e. The van der Waals surface area contributed by atoms with Gasteiger partial charge in [0.05, 0.1) is 17.7 Å². The van der Waals surface area contributed by atoms with Crippen LogP contribution in [-0.4, -0.2) is 17.9 Å². The van der Waals surface area contributed by atoms with Gasteiger partial charge in [-0.25, -0.2) is 0 Å². The lowest BCUT2D eigenvalue weighted by Gasteiger charge is -2.12. The molecule has 0 spiro atoms. The summed E-state index contributed by atoms with van der Waals surface area (Å²) in [5, 5.41) is 13.9. The Bertz CT molecular complexity index is 980. The lowest BCUT2D eigenvalue weighted by atomic mass is 10.0. The van der Waals surface area contributed by atoms with Crippen molar-refractivity contribution in [2.75, 3.05) is 12.4 Å². The summed E-state index contributed by atoms with van der Waals surface area (Å²) in [6.45, 7) is 1.98. The van der Waals surface area contributed by atoms with Crippen molar-refractivity contribution >= 4 is 17.3 Å². The molecule has 0 saturated carbocycles. The average Bonchev–Trinajstić information content (AvgIpc) is 2.68. The van der Waals surface area contributed by atoms with E-state index in [2.05, 4.69) is 5.32 Å². The second-order valence-corrected chi connectivity index (χ2v) is 6.04.